The molecule has 0 aliphatic heterocycles. The lowest BCUT2D eigenvalue weighted by Crippen LogP contribution is -2.14. The smallest absolute Gasteiger partial charge is 0.128 e. The van der Waals surface area contributed by atoms with Crippen LogP contribution in [0.5, 0.6) is 0 Å². The molecule has 0 aliphatic rings. The lowest BCUT2D eigenvalue weighted by Gasteiger charge is -2.10. The van der Waals surface area contributed by atoms with Gasteiger partial charge in [-0.25, -0.2) is 4.39 Å². The van der Waals surface area contributed by atoms with E-state index in [0.717, 1.165) is 0 Å². The highest BCUT2D eigenvalue weighted by Gasteiger charge is 2.16. The van der Waals surface area contributed by atoms with Crippen LogP contribution in [0.25, 0.3) is 0 Å². The van der Waals surface area contributed by atoms with Gasteiger partial charge in [-0.15, -0.1) is 0 Å². The average molecular weight is 240 g/mol. The summed E-state index contributed by atoms with van der Waals surface area (Å²) in [6.45, 7) is 0. The number of halogens is 2. The second-order valence-electron chi connectivity index (χ2n) is 3.56. The van der Waals surface area contributed by atoms with Crippen molar-refractivity contribution >= 4 is 11.6 Å². The minimum absolute atomic E-state index is 0.353. The Kier molecular flexibility index (Phi) is 2.94. The van der Waals surface area contributed by atoms with Gasteiger partial charge in [0.05, 0.1) is 11.7 Å². The van der Waals surface area contributed by atoms with E-state index in [1.54, 1.807) is 24.0 Å². The van der Waals surface area contributed by atoms with Gasteiger partial charge in [0.25, 0.3) is 0 Å². The number of hydrogen-bond donors (Lipinski definition) is 1. The summed E-state index contributed by atoms with van der Waals surface area (Å²) in [5.41, 5.74) is 6.89. The molecule has 1 unspecified atom stereocenters. The van der Waals surface area contributed by atoms with Crippen molar-refractivity contribution in [3.8, 4) is 0 Å². The second-order valence-corrected chi connectivity index (χ2v) is 3.99. The van der Waals surface area contributed by atoms with Crippen molar-refractivity contribution in [2.24, 2.45) is 12.8 Å². The van der Waals surface area contributed by atoms with Crippen LogP contribution in [0.2, 0.25) is 5.02 Å². The largest absolute Gasteiger partial charge is 0.319 e. The van der Waals surface area contributed by atoms with E-state index < -0.39 is 6.04 Å². The van der Waals surface area contributed by atoms with Crippen LogP contribution >= 0.6 is 11.6 Å². The van der Waals surface area contributed by atoms with Gasteiger partial charge in [0, 0.05) is 23.8 Å². The molecule has 84 valence electrons. The Labute approximate surface area is 97.6 Å². The molecule has 1 heterocycles. The number of rotatable bonds is 2. The van der Waals surface area contributed by atoms with Crippen molar-refractivity contribution in [3.63, 3.8) is 0 Å². The van der Waals surface area contributed by atoms with Crippen LogP contribution in [0.15, 0.2) is 30.5 Å². The molecule has 2 N–H and O–H groups in total. The summed E-state index contributed by atoms with van der Waals surface area (Å²) in [4.78, 5) is 0. The Morgan fingerprint density at radius 3 is 2.81 bits per heavy atom. The Bertz CT molecular complexity index is 510. The van der Waals surface area contributed by atoms with Crippen LogP contribution in [0.1, 0.15) is 17.3 Å². The summed E-state index contributed by atoms with van der Waals surface area (Å²) in [7, 11) is 1.78. The first-order valence-electron chi connectivity index (χ1n) is 4.78. The van der Waals surface area contributed by atoms with E-state index in [0.29, 0.717) is 16.3 Å². The van der Waals surface area contributed by atoms with Gasteiger partial charge in [-0.3, -0.25) is 4.68 Å². The molecule has 1 aromatic carbocycles. The van der Waals surface area contributed by atoms with Crippen LogP contribution in [-0.2, 0) is 7.05 Å². The van der Waals surface area contributed by atoms with Crippen molar-refractivity contribution in [1.82, 2.24) is 9.78 Å². The van der Waals surface area contributed by atoms with Crippen LogP contribution in [-0.4, -0.2) is 9.78 Å². The standard InChI is InChI=1S/C11H11ClFN3/c1-16-5-4-10(15-16)11(14)8-6-7(12)2-3-9(8)13/h2-6,11H,14H2,1H3. The summed E-state index contributed by atoms with van der Waals surface area (Å²) in [5.74, 6) is -0.373. The lowest BCUT2D eigenvalue weighted by atomic mass is 10.0. The van der Waals surface area contributed by atoms with Crippen molar-refractivity contribution in [1.29, 1.82) is 0 Å². The van der Waals surface area contributed by atoms with Gasteiger partial charge < -0.3 is 5.73 Å². The van der Waals surface area contributed by atoms with Crippen LogP contribution < -0.4 is 5.73 Å². The molecule has 1 atom stereocenters. The fourth-order valence-electron chi connectivity index (χ4n) is 1.51. The molecule has 5 heteroatoms. The molecule has 0 saturated heterocycles. The van der Waals surface area contributed by atoms with E-state index in [2.05, 4.69) is 5.10 Å². The van der Waals surface area contributed by atoms with E-state index in [9.17, 15) is 4.39 Å². The topological polar surface area (TPSA) is 43.8 Å². The first-order chi connectivity index (χ1) is 7.58. The molecule has 0 amide bonds. The maximum absolute atomic E-state index is 13.5. The molecule has 0 fully saturated rings. The lowest BCUT2D eigenvalue weighted by molar-refractivity contribution is 0.594. The molecule has 2 rings (SSSR count). The summed E-state index contributed by atoms with van der Waals surface area (Å²) in [6.07, 6.45) is 1.76. The molecule has 0 aliphatic carbocycles. The number of aryl methyl sites for hydroxylation is 1. The molecule has 0 bridgehead atoms. The van der Waals surface area contributed by atoms with Gasteiger partial charge in [-0.1, -0.05) is 11.6 Å². The van der Waals surface area contributed by atoms with Crippen LogP contribution in [0, 0.1) is 5.82 Å². The van der Waals surface area contributed by atoms with Gasteiger partial charge in [-0.2, -0.15) is 5.10 Å². The van der Waals surface area contributed by atoms with Gasteiger partial charge in [0.1, 0.15) is 5.82 Å². The molecule has 0 spiro atoms. The summed E-state index contributed by atoms with van der Waals surface area (Å²) in [6, 6.07) is 5.48. The third kappa shape index (κ3) is 2.08. The Balaban J connectivity index is 2.40. The van der Waals surface area contributed by atoms with Crippen molar-refractivity contribution < 1.29 is 4.39 Å². The third-order valence-electron chi connectivity index (χ3n) is 2.35. The fourth-order valence-corrected chi connectivity index (χ4v) is 1.69. The van der Waals surface area contributed by atoms with Crippen molar-refractivity contribution in [2.75, 3.05) is 0 Å². The molecule has 2 aromatic rings. The van der Waals surface area contributed by atoms with E-state index in [4.69, 9.17) is 17.3 Å². The Morgan fingerprint density at radius 1 is 1.44 bits per heavy atom. The molecular weight excluding hydrogens is 229 g/mol. The summed E-state index contributed by atoms with van der Waals surface area (Å²) in [5, 5.41) is 4.60. The maximum Gasteiger partial charge on any atom is 0.128 e. The van der Waals surface area contributed by atoms with Gasteiger partial charge in [0.2, 0.25) is 0 Å². The van der Waals surface area contributed by atoms with Crippen LogP contribution in [0.4, 0.5) is 4.39 Å². The van der Waals surface area contributed by atoms with E-state index >= 15 is 0 Å². The zero-order chi connectivity index (χ0) is 11.7. The van der Waals surface area contributed by atoms with Gasteiger partial charge in [0.15, 0.2) is 0 Å². The summed E-state index contributed by atoms with van der Waals surface area (Å²) >= 11 is 5.81. The molecule has 16 heavy (non-hydrogen) atoms. The average Bonchev–Trinajstić information content (AvgIpc) is 2.67. The zero-order valence-corrected chi connectivity index (χ0v) is 9.45. The zero-order valence-electron chi connectivity index (χ0n) is 8.69. The number of nitrogens with zero attached hydrogens (tertiary/aromatic N) is 2. The number of aromatic nitrogens is 2. The third-order valence-corrected chi connectivity index (χ3v) is 2.58. The highest BCUT2D eigenvalue weighted by atomic mass is 35.5. The second kappa shape index (κ2) is 4.23. The first kappa shape index (κ1) is 11.1. The predicted octanol–water partition coefficient (Wildman–Crippen LogP) is 2.26. The summed E-state index contributed by atoms with van der Waals surface area (Å²) < 4.78 is 15.2. The minimum Gasteiger partial charge on any atom is -0.319 e. The maximum atomic E-state index is 13.5. The number of nitrogens with two attached hydrogens (primary N) is 1. The SMILES string of the molecule is Cn1ccc(C(N)c2cc(Cl)ccc2F)n1. The number of hydrogen-bond acceptors (Lipinski definition) is 2. The van der Waals surface area contributed by atoms with Gasteiger partial charge >= 0.3 is 0 Å². The van der Waals surface area contributed by atoms with Crippen molar-refractivity contribution in [3.05, 3.63) is 52.6 Å². The fraction of sp³-hybridized carbons (Fsp3) is 0.182. The van der Waals surface area contributed by atoms with E-state index in [1.165, 1.54) is 18.2 Å². The van der Waals surface area contributed by atoms with Crippen LogP contribution in [0.3, 0.4) is 0 Å². The Morgan fingerprint density at radius 2 is 2.19 bits per heavy atom. The molecule has 0 radical (unpaired) electrons. The minimum atomic E-state index is -0.597. The molecule has 3 nitrogen and oxygen atoms in total. The molecule has 1 aromatic heterocycles. The normalized spacial score (nSPS) is 12.8. The first-order valence-corrected chi connectivity index (χ1v) is 5.16. The van der Waals surface area contributed by atoms with E-state index in [1.807, 2.05) is 0 Å². The predicted molar refractivity (Wildman–Crippen MR) is 60.6 cm³/mol. The quantitative estimate of drug-likeness (QED) is 0.874. The monoisotopic (exact) mass is 239 g/mol. The van der Waals surface area contributed by atoms with E-state index in [-0.39, 0.29) is 5.82 Å². The highest BCUT2D eigenvalue weighted by Crippen LogP contribution is 2.23. The van der Waals surface area contributed by atoms with Crippen molar-refractivity contribution in [2.45, 2.75) is 6.04 Å². The highest BCUT2D eigenvalue weighted by molar-refractivity contribution is 6.30. The molecule has 0 saturated carbocycles. The Hall–Kier alpha value is -1.39. The number of benzene rings is 1. The molecular formula is C11H11ClFN3. The van der Waals surface area contributed by atoms with Gasteiger partial charge in [-0.05, 0) is 24.3 Å².